The molecular weight excluding hydrogens is 353 g/mol. The van der Waals surface area contributed by atoms with Crippen LogP contribution in [0.5, 0.6) is 0 Å². The number of amides is 3. The van der Waals surface area contributed by atoms with Crippen LogP contribution in [0.3, 0.4) is 0 Å². The van der Waals surface area contributed by atoms with E-state index in [-0.39, 0.29) is 18.0 Å². The molecule has 130 valence electrons. The Bertz CT molecular complexity index is 627. The number of nitrogens with one attached hydrogen (secondary N) is 1. The number of ether oxygens (including phenoxy) is 1. The fraction of sp³-hybridized carbons (Fsp3) is 0.500. The second-order valence-electron chi connectivity index (χ2n) is 5.85. The highest BCUT2D eigenvalue weighted by Gasteiger charge is 2.31. The first-order valence-corrected chi connectivity index (χ1v) is 8.72. The molecule has 8 heteroatoms. The smallest absolute Gasteiger partial charge is 0.322 e. The predicted molar refractivity (Wildman–Crippen MR) is 92.6 cm³/mol. The molecule has 0 bridgehead atoms. The van der Waals surface area contributed by atoms with Gasteiger partial charge < -0.3 is 19.9 Å². The van der Waals surface area contributed by atoms with Gasteiger partial charge in [-0.05, 0) is 25.0 Å². The van der Waals surface area contributed by atoms with E-state index >= 15 is 0 Å². The number of benzene rings is 1. The van der Waals surface area contributed by atoms with Crippen molar-refractivity contribution < 1.29 is 14.3 Å². The van der Waals surface area contributed by atoms with Crippen LogP contribution in [-0.2, 0) is 9.53 Å². The Morgan fingerprint density at radius 2 is 1.83 bits per heavy atom. The maximum atomic E-state index is 12.3. The van der Waals surface area contributed by atoms with Gasteiger partial charge in [0, 0.05) is 32.8 Å². The highest BCUT2D eigenvalue weighted by atomic mass is 35.5. The lowest BCUT2D eigenvalue weighted by molar-refractivity contribution is -0.142. The van der Waals surface area contributed by atoms with Crippen molar-refractivity contribution in [3.05, 3.63) is 28.2 Å². The quantitative estimate of drug-likeness (QED) is 0.869. The van der Waals surface area contributed by atoms with Gasteiger partial charge in [0.1, 0.15) is 6.10 Å². The molecule has 2 aliphatic rings. The Balaban J connectivity index is 1.53. The number of nitrogens with zero attached hydrogens (tertiary/aromatic N) is 2. The molecule has 0 aromatic heterocycles. The van der Waals surface area contributed by atoms with Crippen LogP contribution in [0.1, 0.15) is 12.8 Å². The first-order valence-electron chi connectivity index (χ1n) is 7.96. The van der Waals surface area contributed by atoms with Gasteiger partial charge in [-0.25, -0.2) is 4.79 Å². The lowest BCUT2D eigenvalue weighted by Crippen LogP contribution is -2.53. The predicted octanol–water partition coefficient (Wildman–Crippen LogP) is 2.85. The van der Waals surface area contributed by atoms with E-state index in [2.05, 4.69) is 5.32 Å². The standard InChI is InChI=1S/C16H19Cl2N3O3/c17-11-3-1-4-12(14(11)18)19-16(23)21-8-6-20(7-9-21)15(22)13-5-2-10-24-13/h1,3-4,13H,2,5-10H2,(H,19,23). The van der Waals surface area contributed by atoms with Crippen LogP contribution >= 0.6 is 23.2 Å². The van der Waals surface area contributed by atoms with Gasteiger partial charge in [-0.15, -0.1) is 0 Å². The summed E-state index contributed by atoms with van der Waals surface area (Å²) in [6, 6.07) is 4.84. The average molecular weight is 372 g/mol. The molecule has 1 unspecified atom stereocenters. The molecule has 0 saturated carbocycles. The Morgan fingerprint density at radius 3 is 2.50 bits per heavy atom. The van der Waals surface area contributed by atoms with Crippen molar-refractivity contribution in [3.8, 4) is 0 Å². The summed E-state index contributed by atoms with van der Waals surface area (Å²) in [5.74, 6) is 0.0328. The second-order valence-corrected chi connectivity index (χ2v) is 6.63. The third kappa shape index (κ3) is 3.77. The second kappa shape index (κ2) is 7.59. The van der Waals surface area contributed by atoms with Crippen molar-refractivity contribution in [1.82, 2.24) is 9.80 Å². The number of piperazine rings is 1. The summed E-state index contributed by atoms with van der Waals surface area (Å²) in [7, 11) is 0. The van der Waals surface area contributed by atoms with E-state index in [0.29, 0.717) is 48.5 Å². The lowest BCUT2D eigenvalue weighted by atomic mass is 10.2. The zero-order chi connectivity index (χ0) is 17.1. The van der Waals surface area contributed by atoms with Crippen LogP contribution in [0, 0.1) is 0 Å². The number of rotatable bonds is 2. The minimum Gasteiger partial charge on any atom is -0.368 e. The molecular formula is C16H19Cl2N3O3. The van der Waals surface area contributed by atoms with Gasteiger partial charge >= 0.3 is 6.03 Å². The largest absolute Gasteiger partial charge is 0.368 e. The molecule has 6 nitrogen and oxygen atoms in total. The maximum Gasteiger partial charge on any atom is 0.322 e. The lowest BCUT2D eigenvalue weighted by Gasteiger charge is -2.35. The van der Waals surface area contributed by atoms with E-state index in [4.69, 9.17) is 27.9 Å². The minimum absolute atomic E-state index is 0.0328. The van der Waals surface area contributed by atoms with Crippen LogP contribution in [-0.4, -0.2) is 60.6 Å². The van der Waals surface area contributed by atoms with Crippen molar-refractivity contribution in [1.29, 1.82) is 0 Å². The maximum absolute atomic E-state index is 12.3. The van der Waals surface area contributed by atoms with Gasteiger partial charge in [0.25, 0.3) is 5.91 Å². The van der Waals surface area contributed by atoms with Crippen molar-refractivity contribution in [2.75, 3.05) is 38.1 Å². The molecule has 1 aromatic rings. The van der Waals surface area contributed by atoms with E-state index in [9.17, 15) is 9.59 Å². The molecule has 24 heavy (non-hydrogen) atoms. The highest BCUT2D eigenvalue weighted by Crippen LogP contribution is 2.29. The number of hydrogen-bond acceptors (Lipinski definition) is 3. The number of hydrogen-bond donors (Lipinski definition) is 1. The Hall–Kier alpha value is -1.50. The summed E-state index contributed by atoms with van der Waals surface area (Å²) in [5, 5.41) is 3.47. The minimum atomic E-state index is -0.310. The summed E-state index contributed by atoms with van der Waals surface area (Å²) in [6.07, 6.45) is 1.40. The van der Waals surface area contributed by atoms with Gasteiger partial charge in [-0.1, -0.05) is 29.3 Å². The molecule has 3 amide bonds. The summed E-state index contributed by atoms with van der Waals surface area (Å²) in [4.78, 5) is 28.1. The molecule has 2 heterocycles. The van der Waals surface area contributed by atoms with Gasteiger partial charge in [-0.3, -0.25) is 4.79 Å². The van der Waals surface area contributed by atoms with E-state index in [1.54, 1.807) is 28.0 Å². The summed E-state index contributed by atoms with van der Waals surface area (Å²) >= 11 is 12.0. The van der Waals surface area contributed by atoms with Crippen LogP contribution in [0.2, 0.25) is 10.0 Å². The Morgan fingerprint density at radius 1 is 1.12 bits per heavy atom. The number of carbonyl (C=O) groups excluding carboxylic acids is 2. The monoisotopic (exact) mass is 371 g/mol. The molecule has 2 saturated heterocycles. The van der Waals surface area contributed by atoms with Crippen molar-refractivity contribution >= 4 is 40.8 Å². The normalized spacial score (nSPS) is 21.0. The summed E-state index contributed by atoms with van der Waals surface area (Å²) in [5.41, 5.74) is 0.479. The third-order valence-corrected chi connectivity index (χ3v) is 5.10. The van der Waals surface area contributed by atoms with E-state index < -0.39 is 0 Å². The number of halogens is 2. The summed E-state index contributed by atoms with van der Waals surface area (Å²) < 4.78 is 5.43. The van der Waals surface area contributed by atoms with E-state index in [0.717, 1.165) is 12.8 Å². The van der Waals surface area contributed by atoms with Gasteiger partial charge in [0.15, 0.2) is 0 Å². The molecule has 0 radical (unpaired) electrons. The average Bonchev–Trinajstić information content (AvgIpc) is 3.13. The fourth-order valence-electron chi connectivity index (χ4n) is 2.90. The van der Waals surface area contributed by atoms with E-state index in [1.165, 1.54) is 0 Å². The molecule has 1 aromatic carbocycles. The molecule has 2 fully saturated rings. The molecule has 2 aliphatic heterocycles. The van der Waals surface area contributed by atoms with E-state index in [1.807, 2.05) is 0 Å². The van der Waals surface area contributed by atoms with Crippen LogP contribution < -0.4 is 5.32 Å². The van der Waals surface area contributed by atoms with Crippen molar-refractivity contribution in [2.24, 2.45) is 0 Å². The van der Waals surface area contributed by atoms with Crippen molar-refractivity contribution in [3.63, 3.8) is 0 Å². The first-order chi connectivity index (χ1) is 11.6. The SMILES string of the molecule is O=C(Nc1cccc(Cl)c1Cl)N1CCN(C(=O)C2CCCO2)CC1. The Kier molecular flexibility index (Phi) is 5.48. The molecule has 3 rings (SSSR count). The topological polar surface area (TPSA) is 61.9 Å². The van der Waals surface area contributed by atoms with Crippen LogP contribution in [0.4, 0.5) is 10.5 Å². The van der Waals surface area contributed by atoms with Gasteiger partial charge in [0.05, 0.1) is 15.7 Å². The highest BCUT2D eigenvalue weighted by molar-refractivity contribution is 6.43. The molecule has 1 atom stereocenters. The first kappa shape index (κ1) is 17.3. The zero-order valence-corrected chi connectivity index (χ0v) is 14.6. The third-order valence-electron chi connectivity index (χ3n) is 4.28. The number of carbonyl (C=O) groups is 2. The fourth-order valence-corrected chi connectivity index (χ4v) is 3.25. The number of anilines is 1. The van der Waals surface area contributed by atoms with Gasteiger partial charge in [-0.2, -0.15) is 0 Å². The molecule has 0 aliphatic carbocycles. The molecule has 0 spiro atoms. The molecule has 1 N–H and O–H groups in total. The zero-order valence-electron chi connectivity index (χ0n) is 13.1. The van der Waals surface area contributed by atoms with Crippen LogP contribution in [0.15, 0.2) is 18.2 Å². The van der Waals surface area contributed by atoms with Crippen molar-refractivity contribution in [2.45, 2.75) is 18.9 Å². The summed E-state index contributed by atoms with van der Waals surface area (Å²) in [6.45, 7) is 2.62. The number of urea groups is 1. The van der Waals surface area contributed by atoms with Crippen LogP contribution in [0.25, 0.3) is 0 Å². The van der Waals surface area contributed by atoms with Gasteiger partial charge in [0.2, 0.25) is 0 Å². The Labute approximate surface area is 150 Å².